The van der Waals surface area contributed by atoms with Crippen molar-refractivity contribution in [3.8, 4) is 0 Å². The Morgan fingerprint density at radius 1 is 1.36 bits per heavy atom. The van der Waals surface area contributed by atoms with Crippen LogP contribution in [0.25, 0.3) is 0 Å². The van der Waals surface area contributed by atoms with Crippen LogP contribution in [0.1, 0.15) is 37.9 Å². The number of carbonyl (C=O) groups excluding carboxylic acids is 2. The Balaban J connectivity index is 1.42. The van der Waals surface area contributed by atoms with E-state index in [-0.39, 0.29) is 17.7 Å². The van der Waals surface area contributed by atoms with Gasteiger partial charge in [0.1, 0.15) is 6.04 Å². The molecule has 2 amide bonds. The van der Waals surface area contributed by atoms with Crippen LogP contribution in [-0.4, -0.2) is 52.8 Å². The summed E-state index contributed by atoms with van der Waals surface area (Å²) in [5.41, 5.74) is 0.930. The van der Waals surface area contributed by atoms with Gasteiger partial charge in [-0.15, -0.1) is 0 Å². The van der Waals surface area contributed by atoms with Crippen molar-refractivity contribution >= 4 is 11.8 Å². The van der Waals surface area contributed by atoms with E-state index in [0.717, 1.165) is 38.2 Å². The first-order valence-electron chi connectivity index (χ1n) is 9.30. The average Bonchev–Trinajstić information content (AvgIpc) is 3.17. The van der Waals surface area contributed by atoms with E-state index < -0.39 is 6.04 Å². The predicted octanol–water partition coefficient (Wildman–Crippen LogP) is 0.965. The molecule has 0 spiro atoms. The van der Waals surface area contributed by atoms with Gasteiger partial charge in [0.2, 0.25) is 11.8 Å². The Labute approximate surface area is 147 Å². The van der Waals surface area contributed by atoms with Crippen molar-refractivity contribution in [1.82, 2.24) is 20.0 Å². The minimum atomic E-state index is -0.434. The number of ether oxygens (including phenoxy) is 1. The van der Waals surface area contributed by atoms with Gasteiger partial charge in [-0.05, 0) is 37.2 Å². The van der Waals surface area contributed by atoms with Gasteiger partial charge in [-0.1, -0.05) is 6.92 Å². The zero-order chi connectivity index (χ0) is 17.4. The van der Waals surface area contributed by atoms with Gasteiger partial charge in [-0.25, -0.2) is 0 Å². The molecule has 0 bridgehead atoms. The Morgan fingerprint density at radius 3 is 2.84 bits per heavy atom. The van der Waals surface area contributed by atoms with Gasteiger partial charge in [0.05, 0.1) is 18.8 Å². The van der Waals surface area contributed by atoms with Crippen molar-refractivity contribution in [2.45, 2.75) is 38.8 Å². The molecule has 1 aromatic rings. The lowest BCUT2D eigenvalue weighted by atomic mass is 10.0. The second-order valence-corrected chi connectivity index (χ2v) is 7.62. The smallest absolute Gasteiger partial charge is 0.246 e. The summed E-state index contributed by atoms with van der Waals surface area (Å²) < 4.78 is 7.14. The highest BCUT2D eigenvalue weighted by Crippen LogP contribution is 2.40. The fraction of sp³-hybridized carbons (Fsp3) is 0.722. The molecule has 25 heavy (non-hydrogen) atoms. The van der Waals surface area contributed by atoms with Crippen LogP contribution in [-0.2, 0) is 20.9 Å². The van der Waals surface area contributed by atoms with Crippen molar-refractivity contribution < 1.29 is 14.3 Å². The highest BCUT2D eigenvalue weighted by atomic mass is 16.5. The molecular weight excluding hydrogens is 320 g/mol. The lowest BCUT2D eigenvalue weighted by Crippen LogP contribution is -2.48. The Kier molecular flexibility index (Phi) is 4.50. The second kappa shape index (κ2) is 6.78. The number of amides is 2. The molecule has 1 aliphatic carbocycles. The van der Waals surface area contributed by atoms with Crippen LogP contribution in [0.15, 0.2) is 12.3 Å². The zero-order valence-corrected chi connectivity index (χ0v) is 14.7. The molecule has 1 N–H and O–H groups in total. The van der Waals surface area contributed by atoms with Crippen LogP contribution in [0.2, 0.25) is 0 Å². The van der Waals surface area contributed by atoms with Gasteiger partial charge in [-0.2, -0.15) is 5.10 Å². The summed E-state index contributed by atoms with van der Waals surface area (Å²) in [6.45, 7) is 5.28. The fourth-order valence-electron chi connectivity index (χ4n) is 3.87. The number of hydrogen-bond acceptors (Lipinski definition) is 4. The van der Waals surface area contributed by atoms with E-state index >= 15 is 0 Å². The Hall–Kier alpha value is -1.89. The third-order valence-corrected chi connectivity index (χ3v) is 5.74. The van der Waals surface area contributed by atoms with Crippen molar-refractivity contribution in [3.05, 3.63) is 18.0 Å². The topological polar surface area (TPSA) is 76.5 Å². The molecule has 1 aromatic heterocycles. The molecule has 2 aliphatic heterocycles. The third-order valence-electron chi connectivity index (χ3n) is 5.74. The Morgan fingerprint density at radius 2 is 2.12 bits per heavy atom. The first-order chi connectivity index (χ1) is 12.1. The molecule has 7 heteroatoms. The van der Waals surface area contributed by atoms with Gasteiger partial charge >= 0.3 is 0 Å². The van der Waals surface area contributed by atoms with Gasteiger partial charge in [-0.3, -0.25) is 14.3 Å². The summed E-state index contributed by atoms with van der Waals surface area (Å²) in [4.78, 5) is 27.2. The molecule has 1 saturated carbocycles. The first-order valence-corrected chi connectivity index (χ1v) is 9.30. The standard InChI is InChI=1S/C18H26N4O3/c1-12-8-15(12)18(24)21-10-14-2-5-20-22(14)16(11-21)17(23)19-9-13-3-6-25-7-4-13/h2,5,12-13,15-16H,3-4,6-11H2,1H3,(H,19,23)/t12-,15-,16+/m1/s1. The predicted molar refractivity (Wildman–Crippen MR) is 90.5 cm³/mol. The second-order valence-electron chi connectivity index (χ2n) is 7.62. The van der Waals surface area contributed by atoms with Gasteiger partial charge in [0.15, 0.2) is 0 Å². The summed E-state index contributed by atoms with van der Waals surface area (Å²) in [6.07, 6.45) is 4.65. The molecule has 0 aromatic carbocycles. The maximum atomic E-state index is 12.8. The molecule has 3 aliphatic rings. The largest absolute Gasteiger partial charge is 0.381 e. The molecule has 3 atom stereocenters. The molecule has 136 valence electrons. The fourth-order valence-corrected chi connectivity index (χ4v) is 3.87. The summed E-state index contributed by atoms with van der Waals surface area (Å²) in [5, 5.41) is 7.39. The summed E-state index contributed by atoms with van der Waals surface area (Å²) in [7, 11) is 0. The Bertz CT molecular complexity index is 653. The lowest BCUT2D eigenvalue weighted by molar-refractivity contribution is -0.137. The third kappa shape index (κ3) is 3.42. The van der Waals surface area contributed by atoms with Crippen LogP contribution >= 0.6 is 0 Å². The summed E-state index contributed by atoms with van der Waals surface area (Å²) >= 11 is 0. The van der Waals surface area contributed by atoms with Crippen LogP contribution in [0.5, 0.6) is 0 Å². The SMILES string of the molecule is C[C@@H]1C[C@H]1C(=O)N1Cc2ccnn2[C@H](C(=O)NCC2CCOCC2)C1. The van der Waals surface area contributed by atoms with Crippen molar-refractivity contribution in [2.75, 3.05) is 26.3 Å². The van der Waals surface area contributed by atoms with Crippen molar-refractivity contribution in [3.63, 3.8) is 0 Å². The number of nitrogens with one attached hydrogen (secondary N) is 1. The van der Waals surface area contributed by atoms with Crippen LogP contribution in [0, 0.1) is 17.8 Å². The maximum absolute atomic E-state index is 12.8. The highest BCUT2D eigenvalue weighted by Gasteiger charge is 2.44. The molecule has 0 unspecified atom stereocenters. The maximum Gasteiger partial charge on any atom is 0.246 e. The quantitative estimate of drug-likeness (QED) is 0.881. The van der Waals surface area contributed by atoms with Crippen LogP contribution in [0.3, 0.4) is 0 Å². The first kappa shape index (κ1) is 16.6. The van der Waals surface area contributed by atoms with Crippen LogP contribution < -0.4 is 5.32 Å². The number of carbonyl (C=O) groups is 2. The minimum Gasteiger partial charge on any atom is -0.381 e. The van der Waals surface area contributed by atoms with Gasteiger partial charge < -0.3 is 15.0 Å². The number of rotatable bonds is 4. The normalized spacial score (nSPS) is 29.2. The van der Waals surface area contributed by atoms with E-state index in [2.05, 4.69) is 17.3 Å². The zero-order valence-electron chi connectivity index (χ0n) is 14.7. The van der Waals surface area contributed by atoms with Crippen molar-refractivity contribution in [1.29, 1.82) is 0 Å². The molecule has 7 nitrogen and oxygen atoms in total. The van der Waals surface area contributed by atoms with E-state index in [1.807, 2.05) is 11.0 Å². The van der Waals surface area contributed by atoms with E-state index in [0.29, 0.717) is 31.5 Å². The van der Waals surface area contributed by atoms with Crippen molar-refractivity contribution in [2.24, 2.45) is 17.8 Å². The van der Waals surface area contributed by atoms with E-state index in [9.17, 15) is 9.59 Å². The molecular formula is C18H26N4O3. The molecule has 0 radical (unpaired) electrons. The van der Waals surface area contributed by atoms with E-state index in [4.69, 9.17) is 4.74 Å². The number of aromatic nitrogens is 2. The molecule has 2 fully saturated rings. The lowest BCUT2D eigenvalue weighted by Gasteiger charge is -2.33. The number of nitrogens with zero attached hydrogens (tertiary/aromatic N) is 3. The van der Waals surface area contributed by atoms with Gasteiger partial charge in [0.25, 0.3) is 0 Å². The monoisotopic (exact) mass is 346 g/mol. The molecule has 4 rings (SSSR count). The average molecular weight is 346 g/mol. The number of hydrogen-bond donors (Lipinski definition) is 1. The highest BCUT2D eigenvalue weighted by molar-refractivity contribution is 5.84. The van der Waals surface area contributed by atoms with E-state index in [1.165, 1.54) is 0 Å². The minimum absolute atomic E-state index is 0.0437. The van der Waals surface area contributed by atoms with Gasteiger partial charge in [0, 0.05) is 31.9 Å². The van der Waals surface area contributed by atoms with E-state index in [1.54, 1.807) is 10.9 Å². The molecule has 3 heterocycles. The summed E-state index contributed by atoms with van der Waals surface area (Å²) in [5.74, 6) is 1.23. The summed E-state index contributed by atoms with van der Waals surface area (Å²) in [6, 6.07) is 1.46. The van der Waals surface area contributed by atoms with Crippen LogP contribution in [0.4, 0.5) is 0 Å². The number of fused-ring (bicyclic) bond motifs is 1. The molecule has 1 saturated heterocycles.